The Kier molecular flexibility index (Phi) is 5.43. The molecule has 0 N–H and O–H groups in total. The molecule has 140 valence electrons. The van der Waals surface area contributed by atoms with Crippen molar-refractivity contribution in [2.75, 3.05) is 20.7 Å². The van der Waals surface area contributed by atoms with Crippen molar-refractivity contribution in [2.45, 2.75) is 4.90 Å². The number of methoxy groups -OCH3 is 1. The molecule has 6 nitrogen and oxygen atoms in total. The summed E-state index contributed by atoms with van der Waals surface area (Å²) in [6.07, 6.45) is 0. The zero-order valence-corrected chi connectivity index (χ0v) is 15.8. The molecule has 3 aromatic rings. The van der Waals surface area contributed by atoms with Gasteiger partial charge in [0.25, 0.3) is 0 Å². The number of ether oxygens (including phenoxy) is 2. The van der Waals surface area contributed by atoms with Gasteiger partial charge in [-0.05, 0) is 47.2 Å². The highest BCUT2D eigenvalue weighted by molar-refractivity contribution is 7.89. The molecule has 3 aromatic carbocycles. The number of hydrogen-bond donors (Lipinski definition) is 0. The molecule has 0 bridgehead atoms. The van der Waals surface area contributed by atoms with Crippen LogP contribution in [0.5, 0.6) is 11.5 Å². The number of carbonyl (C=O) groups excluding carboxylic acids is 1. The maximum Gasteiger partial charge on any atom is 0.326 e. The zero-order chi connectivity index (χ0) is 19.4. The number of carbonyl (C=O) groups is 1. The Bertz CT molecular complexity index is 1060. The Morgan fingerprint density at radius 3 is 2.22 bits per heavy atom. The van der Waals surface area contributed by atoms with Crippen LogP contribution in [0.3, 0.4) is 0 Å². The number of nitrogens with zero attached hydrogens (tertiary/aromatic N) is 1. The lowest BCUT2D eigenvalue weighted by Gasteiger charge is -2.17. The monoisotopic (exact) mass is 385 g/mol. The summed E-state index contributed by atoms with van der Waals surface area (Å²) < 4.78 is 36.7. The van der Waals surface area contributed by atoms with Gasteiger partial charge in [0.15, 0.2) is 0 Å². The molecule has 0 saturated carbocycles. The van der Waals surface area contributed by atoms with Crippen LogP contribution < -0.4 is 9.47 Å². The van der Waals surface area contributed by atoms with Crippen LogP contribution in [0.1, 0.15) is 0 Å². The highest BCUT2D eigenvalue weighted by Crippen LogP contribution is 2.22. The van der Waals surface area contributed by atoms with E-state index in [-0.39, 0.29) is 4.90 Å². The molecular weight excluding hydrogens is 366 g/mol. The van der Waals surface area contributed by atoms with E-state index < -0.39 is 22.5 Å². The Hall–Kier alpha value is -2.90. The summed E-state index contributed by atoms with van der Waals surface area (Å²) in [5, 5.41) is 1.76. The van der Waals surface area contributed by atoms with Gasteiger partial charge >= 0.3 is 5.97 Å². The fraction of sp³-hybridized carbons (Fsp3) is 0.150. The number of rotatable bonds is 6. The summed E-state index contributed by atoms with van der Waals surface area (Å²) in [6, 6.07) is 18.8. The molecule has 0 atom stereocenters. The predicted octanol–water partition coefficient (Wildman–Crippen LogP) is 3.07. The summed E-state index contributed by atoms with van der Waals surface area (Å²) in [5.74, 6) is 0.273. The second kappa shape index (κ2) is 7.77. The van der Waals surface area contributed by atoms with Crippen LogP contribution in [-0.2, 0) is 14.8 Å². The normalized spacial score (nSPS) is 11.5. The third-order valence-electron chi connectivity index (χ3n) is 4.07. The van der Waals surface area contributed by atoms with E-state index in [2.05, 4.69) is 0 Å². The maximum absolute atomic E-state index is 12.7. The molecule has 27 heavy (non-hydrogen) atoms. The van der Waals surface area contributed by atoms with Gasteiger partial charge in [0, 0.05) is 7.05 Å². The van der Waals surface area contributed by atoms with E-state index in [0.717, 1.165) is 15.1 Å². The van der Waals surface area contributed by atoms with Crippen LogP contribution in [0.15, 0.2) is 71.6 Å². The number of sulfonamides is 1. The van der Waals surface area contributed by atoms with Gasteiger partial charge in [-0.3, -0.25) is 4.79 Å². The van der Waals surface area contributed by atoms with Crippen molar-refractivity contribution < 1.29 is 22.7 Å². The maximum atomic E-state index is 12.7. The van der Waals surface area contributed by atoms with Gasteiger partial charge in [-0.15, -0.1) is 0 Å². The first kappa shape index (κ1) is 18.9. The molecule has 0 aliphatic rings. The van der Waals surface area contributed by atoms with E-state index in [1.807, 2.05) is 24.3 Å². The lowest BCUT2D eigenvalue weighted by Crippen LogP contribution is -2.34. The smallest absolute Gasteiger partial charge is 0.326 e. The molecule has 0 heterocycles. The largest absolute Gasteiger partial charge is 0.497 e. The fourth-order valence-electron chi connectivity index (χ4n) is 2.58. The molecule has 0 spiro atoms. The molecule has 0 unspecified atom stereocenters. The molecule has 0 fully saturated rings. The minimum atomic E-state index is -3.82. The van der Waals surface area contributed by atoms with Crippen LogP contribution in [-0.4, -0.2) is 39.4 Å². The molecule has 0 aliphatic carbocycles. The van der Waals surface area contributed by atoms with Crippen molar-refractivity contribution in [1.82, 2.24) is 4.31 Å². The Morgan fingerprint density at radius 2 is 1.56 bits per heavy atom. The van der Waals surface area contributed by atoms with E-state index in [1.165, 1.54) is 20.2 Å². The van der Waals surface area contributed by atoms with Gasteiger partial charge in [-0.25, -0.2) is 8.42 Å². The quantitative estimate of drug-likeness (QED) is 0.482. The average Bonchev–Trinajstić information content (AvgIpc) is 2.68. The molecule has 0 radical (unpaired) electrons. The average molecular weight is 385 g/mol. The summed E-state index contributed by atoms with van der Waals surface area (Å²) in [6.45, 7) is -0.402. The van der Waals surface area contributed by atoms with Crippen molar-refractivity contribution in [3.05, 3.63) is 66.7 Å². The van der Waals surface area contributed by atoms with Gasteiger partial charge in [0.2, 0.25) is 10.0 Å². The number of likely N-dealkylation sites (N-methyl/N-ethyl adjacent to an activating group) is 1. The zero-order valence-electron chi connectivity index (χ0n) is 15.0. The van der Waals surface area contributed by atoms with Gasteiger partial charge in [-0.2, -0.15) is 4.31 Å². The Labute approximate surface area is 158 Å². The summed E-state index contributed by atoms with van der Waals surface area (Å²) in [7, 11) is -0.934. The van der Waals surface area contributed by atoms with E-state index in [9.17, 15) is 13.2 Å². The van der Waals surface area contributed by atoms with Crippen molar-refractivity contribution in [3.8, 4) is 11.5 Å². The van der Waals surface area contributed by atoms with Crippen LogP contribution >= 0.6 is 0 Å². The van der Waals surface area contributed by atoms with Crippen LogP contribution in [0.2, 0.25) is 0 Å². The summed E-state index contributed by atoms with van der Waals surface area (Å²) in [4.78, 5) is 12.2. The fourth-order valence-corrected chi connectivity index (χ4v) is 3.73. The van der Waals surface area contributed by atoms with Crippen molar-refractivity contribution in [3.63, 3.8) is 0 Å². The van der Waals surface area contributed by atoms with Crippen LogP contribution in [0.25, 0.3) is 10.8 Å². The van der Waals surface area contributed by atoms with E-state index in [1.54, 1.807) is 36.4 Å². The SMILES string of the molecule is COc1ccc(OC(=O)CN(C)S(=O)(=O)c2ccc3ccccc3c2)cc1. The van der Waals surface area contributed by atoms with E-state index >= 15 is 0 Å². The highest BCUT2D eigenvalue weighted by Gasteiger charge is 2.24. The predicted molar refractivity (Wildman–Crippen MR) is 102 cm³/mol. The van der Waals surface area contributed by atoms with Gasteiger partial charge in [0.05, 0.1) is 12.0 Å². The molecule has 0 amide bonds. The second-order valence-electron chi connectivity index (χ2n) is 5.92. The molecule has 0 aliphatic heterocycles. The lowest BCUT2D eigenvalue weighted by molar-refractivity contribution is -0.134. The number of benzene rings is 3. The first-order valence-corrected chi connectivity index (χ1v) is 9.64. The molecular formula is C20H19NO5S. The van der Waals surface area contributed by atoms with Gasteiger partial charge in [-0.1, -0.05) is 30.3 Å². The summed E-state index contributed by atoms with van der Waals surface area (Å²) in [5.41, 5.74) is 0. The van der Waals surface area contributed by atoms with Crippen molar-refractivity contribution in [2.24, 2.45) is 0 Å². The topological polar surface area (TPSA) is 72.9 Å². The van der Waals surface area contributed by atoms with Gasteiger partial charge in [0.1, 0.15) is 18.0 Å². The number of esters is 1. The number of hydrogen-bond acceptors (Lipinski definition) is 5. The third-order valence-corrected chi connectivity index (χ3v) is 5.87. The minimum Gasteiger partial charge on any atom is -0.497 e. The second-order valence-corrected chi connectivity index (χ2v) is 7.96. The standard InChI is InChI=1S/C20H19NO5S/c1-21(14-20(22)26-18-10-8-17(25-2)9-11-18)27(23,24)19-12-7-15-5-3-4-6-16(15)13-19/h3-13H,14H2,1-2H3. The first-order chi connectivity index (χ1) is 12.9. The molecule has 7 heteroatoms. The minimum absolute atomic E-state index is 0.126. The third kappa shape index (κ3) is 4.27. The summed E-state index contributed by atoms with van der Waals surface area (Å²) >= 11 is 0. The highest BCUT2D eigenvalue weighted by atomic mass is 32.2. The Morgan fingerprint density at radius 1 is 0.926 bits per heavy atom. The van der Waals surface area contributed by atoms with Gasteiger partial charge < -0.3 is 9.47 Å². The molecule has 0 aromatic heterocycles. The molecule has 0 saturated heterocycles. The first-order valence-electron chi connectivity index (χ1n) is 8.20. The van der Waals surface area contributed by atoms with Crippen LogP contribution in [0, 0.1) is 0 Å². The number of fused-ring (bicyclic) bond motifs is 1. The van der Waals surface area contributed by atoms with E-state index in [4.69, 9.17) is 9.47 Å². The van der Waals surface area contributed by atoms with E-state index in [0.29, 0.717) is 11.5 Å². The molecule has 3 rings (SSSR count). The Balaban J connectivity index is 1.72. The van der Waals surface area contributed by atoms with Crippen LogP contribution in [0.4, 0.5) is 0 Å². The van der Waals surface area contributed by atoms with Crippen molar-refractivity contribution >= 4 is 26.8 Å². The van der Waals surface area contributed by atoms with Crippen molar-refractivity contribution in [1.29, 1.82) is 0 Å². The lowest BCUT2D eigenvalue weighted by atomic mass is 10.1.